The van der Waals surface area contributed by atoms with Gasteiger partial charge in [0.05, 0.1) is 13.4 Å². The molecule has 0 radical (unpaired) electrons. The highest BCUT2D eigenvalue weighted by molar-refractivity contribution is 5.73. The average Bonchev–Trinajstić information content (AvgIpc) is 2.87. The summed E-state index contributed by atoms with van der Waals surface area (Å²) in [6, 6.07) is -0.306. The number of hydrogen-bond donors (Lipinski definition) is 1. The van der Waals surface area contributed by atoms with Crippen LogP contribution in [-0.4, -0.2) is 35.7 Å². The van der Waals surface area contributed by atoms with Crippen molar-refractivity contribution in [2.75, 3.05) is 20.2 Å². The van der Waals surface area contributed by atoms with E-state index in [0.29, 0.717) is 5.92 Å². The van der Waals surface area contributed by atoms with Crippen molar-refractivity contribution >= 4 is 5.97 Å². The van der Waals surface area contributed by atoms with Gasteiger partial charge in [0, 0.05) is 24.4 Å². The molecule has 17 heavy (non-hydrogen) atoms. The minimum Gasteiger partial charge on any atom is -0.467 e. The highest BCUT2D eigenvalue weighted by Gasteiger charge is 2.23. The van der Waals surface area contributed by atoms with Crippen LogP contribution in [-0.2, 0) is 9.53 Å². The predicted octanol–water partition coefficient (Wildman–Crippen LogP) is 1.08. The molecule has 0 aromatic carbocycles. The summed E-state index contributed by atoms with van der Waals surface area (Å²) in [6.45, 7) is 3.88. The van der Waals surface area contributed by atoms with Gasteiger partial charge in [0.2, 0.25) is 0 Å². The molecule has 1 saturated heterocycles. The lowest BCUT2D eigenvalue weighted by Gasteiger charge is -2.25. The number of ether oxygens (including phenoxy) is 1. The number of nitrogens with zero attached hydrogens (tertiary/aromatic N) is 2. The summed E-state index contributed by atoms with van der Waals surface area (Å²) in [5.41, 5.74) is 1.12. The van der Waals surface area contributed by atoms with E-state index in [1.807, 2.05) is 17.7 Å². The van der Waals surface area contributed by atoms with Gasteiger partial charge >= 0.3 is 5.97 Å². The molecule has 2 unspecified atom stereocenters. The Labute approximate surface area is 101 Å². The molecule has 1 aliphatic heterocycles. The fourth-order valence-electron chi connectivity index (χ4n) is 2.34. The SMILES string of the molecule is COC(=O)C(C)n1cncc1C1CCCNC1. The Morgan fingerprint density at radius 2 is 2.53 bits per heavy atom. The second-order valence-corrected chi connectivity index (χ2v) is 4.47. The van der Waals surface area contributed by atoms with Crippen LogP contribution in [0.25, 0.3) is 0 Å². The van der Waals surface area contributed by atoms with E-state index in [4.69, 9.17) is 4.74 Å². The third-order valence-electron chi connectivity index (χ3n) is 3.37. The fraction of sp³-hybridized carbons (Fsp3) is 0.667. The first-order valence-corrected chi connectivity index (χ1v) is 6.04. The summed E-state index contributed by atoms with van der Waals surface area (Å²) in [4.78, 5) is 15.7. The van der Waals surface area contributed by atoms with Gasteiger partial charge in [0.15, 0.2) is 0 Å². The lowest BCUT2D eigenvalue weighted by molar-refractivity contribution is -0.144. The zero-order valence-electron chi connectivity index (χ0n) is 10.3. The van der Waals surface area contributed by atoms with Gasteiger partial charge in [-0.1, -0.05) is 0 Å². The Hall–Kier alpha value is -1.36. The second kappa shape index (κ2) is 5.31. The van der Waals surface area contributed by atoms with E-state index in [1.54, 1.807) is 6.33 Å². The summed E-state index contributed by atoms with van der Waals surface area (Å²) in [7, 11) is 1.41. The van der Waals surface area contributed by atoms with Crippen LogP contribution in [0.3, 0.4) is 0 Å². The minimum absolute atomic E-state index is 0.229. The van der Waals surface area contributed by atoms with Gasteiger partial charge in [-0.05, 0) is 26.3 Å². The van der Waals surface area contributed by atoms with Crippen LogP contribution in [0.4, 0.5) is 0 Å². The maximum Gasteiger partial charge on any atom is 0.328 e. The summed E-state index contributed by atoms with van der Waals surface area (Å²) in [6.07, 6.45) is 5.89. The number of esters is 1. The third-order valence-corrected chi connectivity index (χ3v) is 3.37. The topological polar surface area (TPSA) is 56.2 Å². The van der Waals surface area contributed by atoms with Crippen LogP contribution in [0.15, 0.2) is 12.5 Å². The smallest absolute Gasteiger partial charge is 0.328 e. The number of methoxy groups -OCH3 is 1. The lowest BCUT2D eigenvalue weighted by Crippen LogP contribution is -2.30. The number of aromatic nitrogens is 2. The molecule has 1 N–H and O–H groups in total. The molecule has 0 saturated carbocycles. The van der Waals surface area contributed by atoms with Gasteiger partial charge in [-0.2, -0.15) is 0 Å². The number of carbonyl (C=O) groups is 1. The van der Waals surface area contributed by atoms with E-state index < -0.39 is 0 Å². The number of piperidine rings is 1. The highest BCUT2D eigenvalue weighted by atomic mass is 16.5. The van der Waals surface area contributed by atoms with Crippen molar-refractivity contribution in [2.45, 2.75) is 31.7 Å². The Morgan fingerprint density at radius 3 is 3.18 bits per heavy atom. The first kappa shape index (κ1) is 12.1. The van der Waals surface area contributed by atoms with Gasteiger partial charge in [-0.25, -0.2) is 9.78 Å². The molecule has 5 nitrogen and oxygen atoms in total. The molecule has 2 atom stereocenters. The molecule has 1 aromatic rings. The van der Waals surface area contributed by atoms with Gasteiger partial charge in [-0.15, -0.1) is 0 Å². The molecule has 2 heterocycles. The first-order valence-electron chi connectivity index (χ1n) is 6.04. The Balaban J connectivity index is 2.18. The predicted molar refractivity (Wildman–Crippen MR) is 63.8 cm³/mol. The number of nitrogens with one attached hydrogen (secondary N) is 1. The van der Waals surface area contributed by atoms with Crippen molar-refractivity contribution in [3.05, 3.63) is 18.2 Å². The van der Waals surface area contributed by atoms with Crippen LogP contribution in [0.2, 0.25) is 0 Å². The monoisotopic (exact) mass is 237 g/mol. The van der Waals surface area contributed by atoms with E-state index in [9.17, 15) is 4.79 Å². The Kier molecular flexibility index (Phi) is 3.78. The van der Waals surface area contributed by atoms with Crippen LogP contribution >= 0.6 is 0 Å². The zero-order chi connectivity index (χ0) is 12.3. The van der Waals surface area contributed by atoms with Crippen LogP contribution in [0.5, 0.6) is 0 Å². The fourth-order valence-corrected chi connectivity index (χ4v) is 2.34. The highest BCUT2D eigenvalue weighted by Crippen LogP contribution is 2.25. The number of carbonyl (C=O) groups excluding carboxylic acids is 1. The molecule has 94 valence electrons. The quantitative estimate of drug-likeness (QED) is 0.799. The molecule has 0 bridgehead atoms. The minimum atomic E-state index is -0.306. The molecule has 1 aromatic heterocycles. The van der Waals surface area contributed by atoms with E-state index in [0.717, 1.165) is 25.2 Å². The van der Waals surface area contributed by atoms with Crippen molar-refractivity contribution in [1.29, 1.82) is 0 Å². The Bertz CT molecular complexity index is 383. The second-order valence-electron chi connectivity index (χ2n) is 4.47. The van der Waals surface area contributed by atoms with Crippen molar-refractivity contribution in [3.8, 4) is 0 Å². The molecule has 0 amide bonds. The molecule has 0 spiro atoms. The third kappa shape index (κ3) is 2.49. The van der Waals surface area contributed by atoms with Crippen LogP contribution in [0, 0.1) is 0 Å². The van der Waals surface area contributed by atoms with Crippen molar-refractivity contribution in [3.63, 3.8) is 0 Å². The molecule has 2 rings (SSSR count). The summed E-state index contributed by atoms with van der Waals surface area (Å²) in [5, 5.41) is 3.38. The molecular weight excluding hydrogens is 218 g/mol. The summed E-state index contributed by atoms with van der Waals surface area (Å²) in [5.74, 6) is 0.214. The molecule has 0 aliphatic carbocycles. The van der Waals surface area contributed by atoms with Crippen molar-refractivity contribution < 1.29 is 9.53 Å². The maximum atomic E-state index is 11.6. The number of imidazole rings is 1. The van der Waals surface area contributed by atoms with Gasteiger partial charge in [0.1, 0.15) is 6.04 Å². The normalized spacial score (nSPS) is 22.1. The van der Waals surface area contributed by atoms with E-state index in [1.165, 1.54) is 13.5 Å². The van der Waals surface area contributed by atoms with Crippen LogP contribution in [0.1, 0.15) is 37.4 Å². The van der Waals surface area contributed by atoms with Gasteiger partial charge in [-0.3, -0.25) is 0 Å². The van der Waals surface area contributed by atoms with Gasteiger partial charge < -0.3 is 14.6 Å². The Morgan fingerprint density at radius 1 is 1.71 bits per heavy atom. The number of rotatable bonds is 3. The largest absolute Gasteiger partial charge is 0.467 e. The van der Waals surface area contributed by atoms with E-state index in [2.05, 4.69) is 10.3 Å². The van der Waals surface area contributed by atoms with Gasteiger partial charge in [0.25, 0.3) is 0 Å². The average molecular weight is 237 g/mol. The standard InChI is InChI=1S/C12H19N3O2/c1-9(12(16)17-2)15-8-14-7-11(15)10-4-3-5-13-6-10/h7-10,13H,3-6H2,1-2H3. The molecular formula is C12H19N3O2. The molecule has 5 heteroatoms. The maximum absolute atomic E-state index is 11.6. The number of hydrogen-bond acceptors (Lipinski definition) is 4. The van der Waals surface area contributed by atoms with Crippen molar-refractivity contribution in [1.82, 2.24) is 14.9 Å². The summed E-state index contributed by atoms with van der Waals surface area (Å²) >= 11 is 0. The van der Waals surface area contributed by atoms with Crippen molar-refractivity contribution in [2.24, 2.45) is 0 Å². The molecule has 1 aliphatic rings. The summed E-state index contributed by atoms with van der Waals surface area (Å²) < 4.78 is 6.70. The first-order chi connectivity index (χ1) is 8.24. The van der Waals surface area contributed by atoms with E-state index in [-0.39, 0.29) is 12.0 Å². The van der Waals surface area contributed by atoms with E-state index >= 15 is 0 Å². The van der Waals surface area contributed by atoms with Crippen LogP contribution < -0.4 is 5.32 Å². The lowest BCUT2D eigenvalue weighted by atomic mass is 9.96. The zero-order valence-corrected chi connectivity index (χ0v) is 10.3. The molecule has 1 fully saturated rings.